The number of carbonyl (C=O) groups excluding carboxylic acids is 1. The molecule has 1 unspecified atom stereocenters. The van der Waals surface area contributed by atoms with Crippen molar-refractivity contribution in [1.82, 2.24) is 5.32 Å². The highest BCUT2D eigenvalue weighted by molar-refractivity contribution is 5.72. The Labute approximate surface area is 67.1 Å². The molecule has 0 aliphatic heterocycles. The Morgan fingerprint density at radius 1 is 1.55 bits per heavy atom. The van der Waals surface area contributed by atoms with E-state index < -0.39 is 0 Å². The maximum atomic E-state index is 11.0. The molecule has 0 aromatic heterocycles. The normalized spacial score (nSPS) is 30.4. The lowest BCUT2D eigenvalue weighted by Gasteiger charge is -2.07. The summed E-state index contributed by atoms with van der Waals surface area (Å²) in [6.45, 7) is 0. The predicted octanol–water partition coefficient (Wildman–Crippen LogP) is 0.547. The van der Waals surface area contributed by atoms with Gasteiger partial charge in [0.25, 0.3) is 0 Å². The lowest BCUT2D eigenvalue weighted by atomic mass is 10.1. The van der Waals surface area contributed by atoms with Crippen LogP contribution < -0.4 is 5.32 Å². The average Bonchev–Trinajstić information content (AvgIpc) is 2.50. The minimum Gasteiger partial charge on any atom is -0.469 e. The van der Waals surface area contributed by atoms with Crippen LogP contribution in [0.15, 0.2) is 0 Å². The van der Waals surface area contributed by atoms with Crippen molar-refractivity contribution >= 4 is 5.97 Å². The molecular weight excluding hydrogens is 142 g/mol. The molecule has 0 bridgehead atoms. The predicted molar refractivity (Wildman–Crippen MR) is 42.2 cm³/mol. The minimum atomic E-state index is -0.0530. The standard InChI is InChI=1S/C8H15NO2/c1-9-7-4-3-6(5-7)8(10)11-2/h6-7,9H,3-5H2,1-2H3/t6-,7?/m0/s1. The third-order valence-corrected chi connectivity index (χ3v) is 2.38. The van der Waals surface area contributed by atoms with Gasteiger partial charge >= 0.3 is 5.97 Å². The highest BCUT2D eigenvalue weighted by Crippen LogP contribution is 2.25. The summed E-state index contributed by atoms with van der Waals surface area (Å²) >= 11 is 0. The number of nitrogens with one attached hydrogen (secondary N) is 1. The first-order chi connectivity index (χ1) is 5.27. The second kappa shape index (κ2) is 3.72. The molecule has 0 amide bonds. The molecule has 64 valence electrons. The van der Waals surface area contributed by atoms with Crippen molar-refractivity contribution in [2.45, 2.75) is 25.3 Å². The van der Waals surface area contributed by atoms with Crippen molar-refractivity contribution in [3.05, 3.63) is 0 Å². The van der Waals surface area contributed by atoms with Crippen molar-refractivity contribution in [3.63, 3.8) is 0 Å². The fraction of sp³-hybridized carbons (Fsp3) is 0.875. The van der Waals surface area contributed by atoms with E-state index in [1.807, 2.05) is 7.05 Å². The zero-order valence-electron chi connectivity index (χ0n) is 7.09. The quantitative estimate of drug-likeness (QED) is 0.595. The summed E-state index contributed by atoms with van der Waals surface area (Å²) in [6, 6.07) is 0.513. The number of hydrogen-bond acceptors (Lipinski definition) is 3. The Bertz CT molecular complexity index is 147. The first-order valence-corrected chi connectivity index (χ1v) is 4.03. The van der Waals surface area contributed by atoms with E-state index in [-0.39, 0.29) is 11.9 Å². The largest absolute Gasteiger partial charge is 0.469 e. The molecule has 3 nitrogen and oxygen atoms in total. The number of ether oxygens (including phenoxy) is 1. The molecular formula is C8H15NO2. The third kappa shape index (κ3) is 1.93. The summed E-state index contributed by atoms with van der Waals surface area (Å²) in [5.74, 6) is 0.0835. The van der Waals surface area contributed by atoms with Gasteiger partial charge in [-0.25, -0.2) is 0 Å². The molecule has 1 aliphatic carbocycles. The molecule has 1 rings (SSSR count). The zero-order chi connectivity index (χ0) is 8.27. The third-order valence-electron chi connectivity index (χ3n) is 2.38. The van der Waals surface area contributed by atoms with Gasteiger partial charge in [0, 0.05) is 6.04 Å². The van der Waals surface area contributed by atoms with Crippen LogP contribution in [0.1, 0.15) is 19.3 Å². The van der Waals surface area contributed by atoms with Gasteiger partial charge in [0.1, 0.15) is 0 Å². The van der Waals surface area contributed by atoms with Crippen molar-refractivity contribution in [3.8, 4) is 0 Å². The summed E-state index contributed by atoms with van der Waals surface area (Å²) in [6.07, 6.45) is 3.00. The maximum absolute atomic E-state index is 11.0. The van der Waals surface area contributed by atoms with Gasteiger partial charge in [-0.3, -0.25) is 4.79 Å². The summed E-state index contributed by atoms with van der Waals surface area (Å²) in [7, 11) is 3.39. The monoisotopic (exact) mass is 157 g/mol. The highest BCUT2D eigenvalue weighted by atomic mass is 16.5. The molecule has 3 heteroatoms. The molecule has 1 fully saturated rings. The Morgan fingerprint density at radius 3 is 2.73 bits per heavy atom. The Morgan fingerprint density at radius 2 is 2.27 bits per heavy atom. The summed E-state index contributed by atoms with van der Waals surface area (Å²) in [4.78, 5) is 11.0. The van der Waals surface area contributed by atoms with Crippen molar-refractivity contribution in [1.29, 1.82) is 0 Å². The van der Waals surface area contributed by atoms with Crippen molar-refractivity contribution in [2.75, 3.05) is 14.2 Å². The van der Waals surface area contributed by atoms with Crippen LogP contribution in [0.2, 0.25) is 0 Å². The molecule has 1 saturated carbocycles. The molecule has 0 aromatic carbocycles. The van der Waals surface area contributed by atoms with E-state index in [0.717, 1.165) is 19.3 Å². The topological polar surface area (TPSA) is 38.3 Å². The van der Waals surface area contributed by atoms with Crippen LogP contribution in [0.4, 0.5) is 0 Å². The number of methoxy groups -OCH3 is 1. The maximum Gasteiger partial charge on any atom is 0.308 e. The molecule has 1 N–H and O–H groups in total. The van der Waals surface area contributed by atoms with Gasteiger partial charge in [-0.05, 0) is 26.3 Å². The van der Waals surface area contributed by atoms with Crippen LogP contribution in [-0.4, -0.2) is 26.2 Å². The number of carbonyl (C=O) groups is 1. The Balaban J connectivity index is 2.35. The molecule has 0 aromatic rings. The van der Waals surface area contributed by atoms with E-state index in [1.54, 1.807) is 0 Å². The lowest BCUT2D eigenvalue weighted by molar-refractivity contribution is -0.145. The van der Waals surface area contributed by atoms with Gasteiger partial charge in [0.2, 0.25) is 0 Å². The SMILES string of the molecule is CNC1CC[C@H](C(=O)OC)C1. The van der Waals surface area contributed by atoms with E-state index in [4.69, 9.17) is 0 Å². The smallest absolute Gasteiger partial charge is 0.308 e. The van der Waals surface area contributed by atoms with Gasteiger partial charge in [-0.1, -0.05) is 0 Å². The van der Waals surface area contributed by atoms with E-state index in [9.17, 15) is 4.79 Å². The number of esters is 1. The summed E-state index contributed by atoms with van der Waals surface area (Å²) in [5.41, 5.74) is 0. The molecule has 0 heterocycles. The van der Waals surface area contributed by atoms with Crippen LogP contribution >= 0.6 is 0 Å². The van der Waals surface area contributed by atoms with Crippen LogP contribution in [0.25, 0.3) is 0 Å². The number of rotatable bonds is 2. The summed E-state index contributed by atoms with van der Waals surface area (Å²) < 4.78 is 4.66. The van der Waals surface area contributed by atoms with Crippen LogP contribution in [0.3, 0.4) is 0 Å². The van der Waals surface area contributed by atoms with Gasteiger partial charge in [-0.2, -0.15) is 0 Å². The van der Waals surface area contributed by atoms with E-state index >= 15 is 0 Å². The van der Waals surface area contributed by atoms with Gasteiger partial charge in [0.15, 0.2) is 0 Å². The fourth-order valence-electron chi connectivity index (χ4n) is 1.62. The van der Waals surface area contributed by atoms with Crippen LogP contribution in [-0.2, 0) is 9.53 Å². The molecule has 11 heavy (non-hydrogen) atoms. The Kier molecular flexibility index (Phi) is 2.88. The van der Waals surface area contributed by atoms with E-state index in [0.29, 0.717) is 6.04 Å². The van der Waals surface area contributed by atoms with E-state index in [2.05, 4.69) is 10.1 Å². The first-order valence-electron chi connectivity index (χ1n) is 4.03. The molecule has 1 aliphatic rings. The van der Waals surface area contributed by atoms with E-state index in [1.165, 1.54) is 7.11 Å². The molecule has 0 spiro atoms. The Hall–Kier alpha value is -0.570. The van der Waals surface area contributed by atoms with Gasteiger partial charge < -0.3 is 10.1 Å². The van der Waals surface area contributed by atoms with Gasteiger partial charge in [-0.15, -0.1) is 0 Å². The van der Waals surface area contributed by atoms with Crippen molar-refractivity contribution < 1.29 is 9.53 Å². The number of hydrogen-bond donors (Lipinski definition) is 1. The first kappa shape index (κ1) is 8.53. The zero-order valence-corrected chi connectivity index (χ0v) is 7.09. The molecule has 2 atom stereocenters. The van der Waals surface area contributed by atoms with Crippen molar-refractivity contribution in [2.24, 2.45) is 5.92 Å². The average molecular weight is 157 g/mol. The molecule has 0 radical (unpaired) electrons. The fourth-order valence-corrected chi connectivity index (χ4v) is 1.62. The van der Waals surface area contributed by atoms with Gasteiger partial charge in [0.05, 0.1) is 13.0 Å². The summed E-state index contributed by atoms with van der Waals surface area (Å²) in [5, 5.41) is 3.17. The lowest BCUT2D eigenvalue weighted by Crippen LogP contribution is -2.23. The highest BCUT2D eigenvalue weighted by Gasteiger charge is 2.29. The molecule has 0 saturated heterocycles. The van der Waals surface area contributed by atoms with Crippen LogP contribution in [0.5, 0.6) is 0 Å². The second-order valence-electron chi connectivity index (χ2n) is 3.02. The minimum absolute atomic E-state index is 0.0530. The second-order valence-corrected chi connectivity index (χ2v) is 3.02. The van der Waals surface area contributed by atoms with Crippen LogP contribution in [0, 0.1) is 5.92 Å².